The second-order valence-corrected chi connectivity index (χ2v) is 3.21. The molecule has 0 unspecified atom stereocenters. The molecule has 0 aromatic rings. The van der Waals surface area contributed by atoms with E-state index < -0.39 is 0 Å². The molecule has 3 heteroatoms. The minimum atomic E-state index is 0.0208. The van der Waals surface area contributed by atoms with Gasteiger partial charge in [0.25, 0.3) is 0 Å². The number of rotatable bonds is 1. The summed E-state index contributed by atoms with van der Waals surface area (Å²) >= 11 is 0. The van der Waals surface area contributed by atoms with E-state index in [4.69, 9.17) is 5.73 Å². The minimum absolute atomic E-state index is 0.0208. The van der Waals surface area contributed by atoms with Gasteiger partial charge in [-0.1, -0.05) is 13.8 Å². The van der Waals surface area contributed by atoms with Gasteiger partial charge in [-0.15, -0.1) is 0 Å². The van der Waals surface area contributed by atoms with E-state index in [9.17, 15) is 4.79 Å². The van der Waals surface area contributed by atoms with E-state index in [-0.39, 0.29) is 18.0 Å². The molecule has 0 spiro atoms. The fourth-order valence-corrected chi connectivity index (χ4v) is 1.35. The SMILES string of the molecule is CC(C)[C@@H]1NC(=O)C[C@H]1N. The Kier molecular flexibility index (Phi) is 1.94. The van der Waals surface area contributed by atoms with E-state index >= 15 is 0 Å². The monoisotopic (exact) mass is 142 g/mol. The normalized spacial score (nSPS) is 33.0. The van der Waals surface area contributed by atoms with Crippen molar-refractivity contribution in [2.75, 3.05) is 0 Å². The lowest BCUT2D eigenvalue weighted by Gasteiger charge is -2.18. The van der Waals surface area contributed by atoms with Gasteiger partial charge < -0.3 is 11.1 Å². The van der Waals surface area contributed by atoms with Crippen LogP contribution in [0.4, 0.5) is 0 Å². The zero-order chi connectivity index (χ0) is 7.72. The van der Waals surface area contributed by atoms with Crippen LogP contribution in [0.3, 0.4) is 0 Å². The molecule has 0 aromatic carbocycles. The molecule has 1 amide bonds. The standard InChI is InChI=1S/C7H14N2O/c1-4(2)7-5(8)3-6(10)9-7/h4-5,7H,3,8H2,1-2H3,(H,9,10)/t5-,7+/m1/s1. The first kappa shape index (κ1) is 7.54. The second-order valence-electron chi connectivity index (χ2n) is 3.21. The van der Waals surface area contributed by atoms with Crippen molar-refractivity contribution in [2.45, 2.75) is 32.4 Å². The smallest absolute Gasteiger partial charge is 0.221 e. The summed E-state index contributed by atoms with van der Waals surface area (Å²) in [6.45, 7) is 4.13. The molecule has 0 aromatic heterocycles. The lowest BCUT2D eigenvalue weighted by atomic mass is 9.99. The maximum atomic E-state index is 10.8. The predicted molar refractivity (Wildman–Crippen MR) is 39.4 cm³/mol. The van der Waals surface area contributed by atoms with E-state index in [0.29, 0.717) is 12.3 Å². The Labute approximate surface area is 61.0 Å². The van der Waals surface area contributed by atoms with Crippen LogP contribution in [0.15, 0.2) is 0 Å². The van der Waals surface area contributed by atoms with Gasteiger partial charge in [-0.05, 0) is 5.92 Å². The summed E-state index contributed by atoms with van der Waals surface area (Å²) in [4.78, 5) is 10.8. The fraction of sp³-hybridized carbons (Fsp3) is 0.857. The Balaban J connectivity index is 2.54. The number of amides is 1. The highest BCUT2D eigenvalue weighted by atomic mass is 16.2. The highest BCUT2D eigenvalue weighted by Gasteiger charge is 2.30. The third kappa shape index (κ3) is 1.29. The molecule has 0 aliphatic carbocycles. The van der Waals surface area contributed by atoms with Crippen LogP contribution < -0.4 is 11.1 Å². The molecular weight excluding hydrogens is 128 g/mol. The lowest BCUT2D eigenvalue weighted by molar-refractivity contribution is -0.119. The quantitative estimate of drug-likeness (QED) is 0.535. The first-order valence-electron chi connectivity index (χ1n) is 3.66. The van der Waals surface area contributed by atoms with Gasteiger partial charge in [0.05, 0.1) is 0 Å². The Morgan fingerprint density at radius 2 is 2.30 bits per heavy atom. The number of nitrogens with one attached hydrogen (secondary N) is 1. The summed E-state index contributed by atoms with van der Waals surface area (Å²) in [5.41, 5.74) is 5.69. The van der Waals surface area contributed by atoms with E-state index in [1.807, 2.05) is 0 Å². The summed E-state index contributed by atoms with van der Waals surface area (Å²) in [5, 5.41) is 2.84. The van der Waals surface area contributed by atoms with Crippen molar-refractivity contribution >= 4 is 5.91 Å². The zero-order valence-electron chi connectivity index (χ0n) is 6.42. The van der Waals surface area contributed by atoms with Crippen LogP contribution in [-0.2, 0) is 4.79 Å². The van der Waals surface area contributed by atoms with Gasteiger partial charge in [0, 0.05) is 18.5 Å². The van der Waals surface area contributed by atoms with Crippen molar-refractivity contribution in [3.8, 4) is 0 Å². The van der Waals surface area contributed by atoms with Crippen LogP contribution in [0, 0.1) is 5.92 Å². The van der Waals surface area contributed by atoms with Gasteiger partial charge >= 0.3 is 0 Å². The van der Waals surface area contributed by atoms with Crippen molar-refractivity contribution in [1.29, 1.82) is 0 Å². The molecule has 1 aliphatic heterocycles. The molecular formula is C7H14N2O. The molecule has 2 atom stereocenters. The zero-order valence-corrected chi connectivity index (χ0v) is 6.42. The summed E-state index contributed by atoms with van der Waals surface area (Å²) < 4.78 is 0. The van der Waals surface area contributed by atoms with E-state index in [1.165, 1.54) is 0 Å². The topological polar surface area (TPSA) is 55.1 Å². The maximum Gasteiger partial charge on any atom is 0.221 e. The summed E-state index contributed by atoms with van der Waals surface area (Å²) in [6.07, 6.45) is 0.489. The molecule has 1 heterocycles. The van der Waals surface area contributed by atoms with E-state index in [0.717, 1.165) is 0 Å². The molecule has 0 radical (unpaired) electrons. The molecule has 1 aliphatic rings. The van der Waals surface area contributed by atoms with Crippen LogP contribution in [0.5, 0.6) is 0 Å². The van der Waals surface area contributed by atoms with Crippen molar-refractivity contribution < 1.29 is 4.79 Å². The summed E-state index contributed by atoms with van der Waals surface area (Å²) in [7, 11) is 0. The Bertz CT molecular complexity index is 145. The highest BCUT2D eigenvalue weighted by molar-refractivity contribution is 5.79. The molecule has 0 saturated carbocycles. The van der Waals surface area contributed by atoms with Gasteiger partial charge in [0.15, 0.2) is 0 Å². The van der Waals surface area contributed by atoms with Gasteiger partial charge in [-0.25, -0.2) is 0 Å². The predicted octanol–water partition coefficient (Wildman–Crippen LogP) is -0.142. The lowest BCUT2D eigenvalue weighted by Crippen LogP contribution is -2.40. The molecule has 10 heavy (non-hydrogen) atoms. The molecule has 0 bridgehead atoms. The third-order valence-electron chi connectivity index (χ3n) is 1.93. The fourth-order valence-electron chi connectivity index (χ4n) is 1.35. The average molecular weight is 142 g/mol. The molecule has 3 nitrogen and oxygen atoms in total. The van der Waals surface area contributed by atoms with Crippen LogP contribution >= 0.6 is 0 Å². The van der Waals surface area contributed by atoms with Gasteiger partial charge in [-0.3, -0.25) is 4.79 Å². The molecule has 1 rings (SSSR count). The van der Waals surface area contributed by atoms with Gasteiger partial charge in [0.2, 0.25) is 5.91 Å². The number of carbonyl (C=O) groups is 1. The Morgan fingerprint density at radius 1 is 1.70 bits per heavy atom. The third-order valence-corrected chi connectivity index (χ3v) is 1.93. The molecule has 1 saturated heterocycles. The number of hydrogen-bond acceptors (Lipinski definition) is 2. The Hall–Kier alpha value is -0.570. The molecule has 1 fully saturated rings. The number of nitrogens with two attached hydrogens (primary N) is 1. The van der Waals surface area contributed by atoms with Crippen LogP contribution in [-0.4, -0.2) is 18.0 Å². The van der Waals surface area contributed by atoms with Crippen molar-refractivity contribution in [2.24, 2.45) is 11.7 Å². The minimum Gasteiger partial charge on any atom is -0.351 e. The first-order valence-corrected chi connectivity index (χ1v) is 3.66. The Morgan fingerprint density at radius 3 is 2.50 bits per heavy atom. The van der Waals surface area contributed by atoms with Gasteiger partial charge in [-0.2, -0.15) is 0 Å². The van der Waals surface area contributed by atoms with Crippen molar-refractivity contribution in [3.63, 3.8) is 0 Å². The first-order chi connectivity index (χ1) is 4.61. The maximum absolute atomic E-state index is 10.8. The van der Waals surface area contributed by atoms with E-state index in [1.54, 1.807) is 0 Å². The van der Waals surface area contributed by atoms with Gasteiger partial charge in [0.1, 0.15) is 0 Å². The van der Waals surface area contributed by atoms with Crippen LogP contribution in [0.25, 0.3) is 0 Å². The van der Waals surface area contributed by atoms with E-state index in [2.05, 4.69) is 19.2 Å². The average Bonchev–Trinajstić information content (AvgIpc) is 2.10. The molecule has 3 N–H and O–H groups in total. The van der Waals surface area contributed by atoms with Crippen LogP contribution in [0.1, 0.15) is 20.3 Å². The van der Waals surface area contributed by atoms with Crippen molar-refractivity contribution in [1.82, 2.24) is 5.32 Å². The largest absolute Gasteiger partial charge is 0.351 e. The highest BCUT2D eigenvalue weighted by Crippen LogP contribution is 2.13. The molecule has 58 valence electrons. The number of carbonyl (C=O) groups excluding carboxylic acids is 1. The summed E-state index contributed by atoms with van der Waals surface area (Å²) in [6, 6.07) is 0.208. The summed E-state index contributed by atoms with van der Waals surface area (Å²) in [5.74, 6) is 0.535. The van der Waals surface area contributed by atoms with Crippen LogP contribution in [0.2, 0.25) is 0 Å². The number of hydrogen-bond donors (Lipinski definition) is 2. The van der Waals surface area contributed by atoms with Crippen molar-refractivity contribution in [3.05, 3.63) is 0 Å². The second kappa shape index (κ2) is 2.58.